The molecular weight excluding hydrogens is 274 g/mol. The fourth-order valence-electron chi connectivity index (χ4n) is 2.55. The summed E-state index contributed by atoms with van der Waals surface area (Å²) in [6, 6.07) is 0. The van der Waals surface area contributed by atoms with Crippen LogP contribution in [-0.2, 0) is 10.2 Å². The van der Waals surface area contributed by atoms with Crippen LogP contribution in [0.1, 0.15) is 40.0 Å². The lowest BCUT2D eigenvalue weighted by Crippen LogP contribution is -2.47. The lowest BCUT2D eigenvalue weighted by Gasteiger charge is -2.34. The lowest BCUT2D eigenvalue weighted by molar-refractivity contribution is 0.250. The summed E-state index contributed by atoms with van der Waals surface area (Å²) < 4.78 is 28.2. The van der Waals surface area contributed by atoms with Gasteiger partial charge >= 0.3 is 0 Å². The molecule has 0 aromatic carbocycles. The topological polar surface area (TPSA) is 52.7 Å². The highest BCUT2D eigenvalue weighted by Crippen LogP contribution is 2.21. The van der Waals surface area contributed by atoms with Gasteiger partial charge in [-0.1, -0.05) is 27.2 Å². The van der Waals surface area contributed by atoms with E-state index in [4.69, 9.17) is 0 Å². The molecule has 0 aromatic heterocycles. The highest BCUT2D eigenvalue weighted by molar-refractivity contribution is 7.86. The highest BCUT2D eigenvalue weighted by atomic mass is 32.2. The second-order valence-corrected chi connectivity index (χ2v) is 7.99. The fourth-order valence-corrected chi connectivity index (χ4v) is 4.06. The molecule has 1 N–H and O–H groups in total. The molecule has 6 heteroatoms. The summed E-state index contributed by atoms with van der Waals surface area (Å²) in [6.45, 7) is 10.2. The lowest BCUT2D eigenvalue weighted by atomic mass is 9.98. The quantitative estimate of drug-likeness (QED) is 0.740. The van der Waals surface area contributed by atoms with Gasteiger partial charge in [0.15, 0.2) is 0 Å². The predicted octanol–water partition coefficient (Wildman–Crippen LogP) is 1.53. The van der Waals surface area contributed by atoms with Crippen LogP contribution in [0.4, 0.5) is 0 Å². The minimum atomic E-state index is -3.26. The van der Waals surface area contributed by atoms with Gasteiger partial charge in [0.25, 0.3) is 10.2 Å². The highest BCUT2D eigenvalue weighted by Gasteiger charge is 2.31. The monoisotopic (exact) mass is 305 g/mol. The average molecular weight is 305 g/mol. The van der Waals surface area contributed by atoms with Crippen molar-refractivity contribution in [3.8, 4) is 0 Å². The first-order chi connectivity index (χ1) is 9.41. The Labute approximate surface area is 124 Å². The van der Waals surface area contributed by atoms with Gasteiger partial charge in [0, 0.05) is 26.7 Å². The van der Waals surface area contributed by atoms with Gasteiger partial charge in [0.05, 0.1) is 0 Å². The van der Waals surface area contributed by atoms with E-state index in [-0.39, 0.29) is 0 Å². The normalized spacial score (nSPS) is 20.4. The van der Waals surface area contributed by atoms with Crippen LogP contribution >= 0.6 is 0 Å². The summed E-state index contributed by atoms with van der Waals surface area (Å²) in [6.07, 6.45) is 2.93. The Morgan fingerprint density at radius 2 is 1.90 bits per heavy atom. The summed E-state index contributed by atoms with van der Waals surface area (Å²) in [5.41, 5.74) is 0. The van der Waals surface area contributed by atoms with E-state index in [1.165, 1.54) is 4.31 Å². The zero-order chi connectivity index (χ0) is 15.2. The molecule has 0 aliphatic carbocycles. The first-order valence-electron chi connectivity index (χ1n) is 7.83. The Morgan fingerprint density at radius 1 is 1.30 bits per heavy atom. The third-order valence-corrected chi connectivity index (χ3v) is 6.20. The van der Waals surface area contributed by atoms with E-state index in [1.807, 2.05) is 0 Å². The molecule has 1 unspecified atom stereocenters. The van der Waals surface area contributed by atoms with E-state index >= 15 is 0 Å². The summed E-state index contributed by atoms with van der Waals surface area (Å²) in [4.78, 5) is 0. The van der Waals surface area contributed by atoms with Crippen molar-refractivity contribution in [1.29, 1.82) is 0 Å². The Bertz CT molecular complexity index is 365. The van der Waals surface area contributed by atoms with Gasteiger partial charge in [-0.3, -0.25) is 0 Å². The van der Waals surface area contributed by atoms with E-state index in [1.54, 1.807) is 11.4 Å². The van der Waals surface area contributed by atoms with Crippen LogP contribution in [0.3, 0.4) is 0 Å². The zero-order valence-corrected chi connectivity index (χ0v) is 14.2. The summed E-state index contributed by atoms with van der Waals surface area (Å²) >= 11 is 0. The number of piperidine rings is 1. The number of nitrogens with one attached hydrogen (secondary N) is 1. The molecule has 5 nitrogen and oxygen atoms in total. The van der Waals surface area contributed by atoms with Crippen molar-refractivity contribution in [2.75, 3.05) is 39.8 Å². The molecule has 1 aliphatic heterocycles. The molecule has 0 radical (unpaired) electrons. The minimum absolute atomic E-state index is 0.404. The van der Waals surface area contributed by atoms with Crippen molar-refractivity contribution >= 4 is 10.2 Å². The fraction of sp³-hybridized carbons (Fsp3) is 1.00. The largest absolute Gasteiger partial charge is 0.317 e. The summed E-state index contributed by atoms with van der Waals surface area (Å²) in [5.74, 6) is 1.02. The molecule has 1 rings (SSSR count). The second-order valence-electron chi connectivity index (χ2n) is 5.95. The van der Waals surface area contributed by atoms with Crippen molar-refractivity contribution in [2.45, 2.75) is 40.0 Å². The molecule has 1 aliphatic rings. The Balaban J connectivity index is 2.49. The van der Waals surface area contributed by atoms with E-state index in [0.717, 1.165) is 32.4 Å². The van der Waals surface area contributed by atoms with Crippen molar-refractivity contribution in [2.24, 2.45) is 11.8 Å². The summed E-state index contributed by atoms with van der Waals surface area (Å²) in [5, 5.41) is 3.35. The summed E-state index contributed by atoms with van der Waals surface area (Å²) in [7, 11) is -1.56. The van der Waals surface area contributed by atoms with Crippen LogP contribution in [0.5, 0.6) is 0 Å². The number of hydrogen-bond acceptors (Lipinski definition) is 3. The number of hydrogen-bond donors (Lipinski definition) is 1. The molecule has 0 bridgehead atoms. The van der Waals surface area contributed by atoms with Crippen LogP contribution in [0.15, 0.2) is 0 Å². The second kappa shape index (κ2) is 8.32. The Morgan fingerprint density at radius 3 is 2.40 bits per heavy atom. The SMILES string of the molecule is CCNCC1CCN(S(=O)(=O)N(C)CC(C)CC)CC1. The first kappa shape index (κ1) is 17.9. The maximum atomic E-state index is 12.5. The molecule has 120 valence electrons. The predicted molar refractivity (Wildman–Crippen MR) is 83.8 cm³/mol. The van der Waals surface area contributed by atoms with Crippen molar-refractivity contribution in [3.05, 3.63) is 0 Å². The number of nitrogens with zero attached hydrogens (tertiary/aromatic N) is 2. The molecule has 0 amide bonds. The first-order valence-corrected chi connectivity index (χ1v) is 9.23. The molecule has 0 spiro atoms. The van der Waals surface area contributed by atoms with Crippen molar-refractivity contribution in [3.63, 3.8) is 0 Å². The molecule has 0 aromatic rings. The van der Waals surface area contributed by atoms with Crippen LogP contribution in [0.25, 0.3) is 0 Å². The molecule has 1 atom stereocenters. The molecular formula is C14H31N3O2S. The van der Waals surface area contributed by atoms with Gasteiger partial charge in [0.1, 0.15) is 0 Å². The van der Waals surface area contributed by atoms with E-state index in [9.17, 15) is 8.42 Å². The average Bonchev–Trinajstić information content (AvgIpc) is 2.45. The van der Waals surface area contributed by atoms with Crippen LogP contribution in [0.2, 0.25) is 0 Å². The van der Waals surface area contributed by atoms with E-state index in [0.29, 0.717) is 31.5 Å². The standard InChI is InChI=1S/C14H31N3O2S/c1-5-13(3)12-16(4)20(18,19)17-9-7-14(8-10-17)11-15-6-2/h13-15H,5-12H2,1-4H3. The van der Waals surface area contributed by atoms with Crippen LogP contribution < -0.4 is 5.32 Å². The van der Waals surface area contributed by atoms with Gasteiger partial charge in [-0.15, -0.1) is 0 Å². The third kappa shape index (κ3) is 4.98. The Hall–Kier alpha value is -0.170. The maximum absolute atomic E-state index is 12.5. The third-order valence-electron chi connectivity index (χ3n) is 4.24. The van der Waals surface area contributed by atoms with Crippen LogP contribution in [0, 0.1) is 11.8 Å². The van der Waals surface area contributed by atoms with Crippen molar-refractivity contribution < 1.29 is 8.42 Å². The smallest absolute Gasteiger partial charge is 0.281 e. The minimum Gasteiger partial charge on any atom is -0.317 e. The van der Waals surface area contributed by atoms with Gasteiger partial charge in [-0.05, 0) is 37.8 Å². The van der Waals surface area contributed by atoms with Gasteiger partial charge < -0.3 is 5.32 Å². The molecule has 1 fully saturated rings. The maximum Gasteiger partial charge on any atom is 0.281 e. The van der Waals surface area contributed by atoms with Crippen molar-refractivity contribution in [1.82, 2.24) is 13.9 Å². The molecule has 1 saturated heterocycles. The molecule has 1 heterocycles. The van der Waals surface area contributed by atoms with Gasteiger partial charge in [0.2, 0.25) is 0 Å². The van der Waals surface area contributed by atoms with E-state index in [2.05, 4.69) is 26.1 Å². The zero-order valence-electron chi connectivity index (χ0n) is 13.4. The molecule has 0 saturated carbocycles. The molecule has 20 heavy (non-hydrogen) atoms. The van der Waals surface area contributed by atoms with Gasteiger partial charge in [-0.25, -0.2) is 0 Å². The van der Waals surface area contributed by atoms with Gasteiger partial charge in [-0.2, -0.15) is 17.0 Å². The van der Waals surface area contributed by atoms with E-state index < -0.39 is 10.2 Å². The Kier molecular flexibility index (Phi) is 7.43. The number of rotatable bonds is 8. The van der Waals surface area contributed by atoms with Crippen LogP contribution in [-0.4, -0.2) is 56.8 Å².